The Bertz CT molecular complexity index is 617. The largest absolute Gasteiger partial charge is 0.484 e. The normalized spacial score (nSPS) is 11.4. The molecule has 2 rings (SSSR count). The summed E-state index contributed by atoms with van der Waals surface area (Å²) in [7, 11) is 0. The number of carbonyl (C=O) groups is 1. The maximum Gasteiger partial charge on any atom is 0.258 e. The van der Waals surface area contributed by atoms with E-state index < -0.39 is 0 Å². The second kappa shape index (κ2) is 6.73. The number of rotatable bonds is 5. The van der Waals surface area contributed by atoms with E-state index >= 15 is 0 Å². The first-order chi connectivity index (χ1) is 9.69. The van der Waals surface area contributed by atoms with E-state index in [0.29, 0.717) is 11.3 Å². The summed E-state index contributed by atoms with van der Waals surface area (Å²) in [5.41, 5.74) is 0.509. The van der Waals surface area contributed by atoms with Crippen molar-refractivity contribution < 1.29 is 9.53 Å². The van der Waals surface area contributed by atoms with Crippen molar-refractivity contribution >= 4 is 17.2 Å². The Balaban J connectivity index is 1.84. The van der Waals surface area contributed by atoms with Gasteiger partial charge in [-0.2, -0.15) is 5.26 Å². The maximum atomic E-state index is 11.8. The van der Waals surface area contributed by atoms with Gasteiger partial charge in [-0.3, -0.25) is 4.79 Å². The van der Waals surface area contributed by atoms with Crippen LogP contribution in [0.4, 0.5) is 0 Å². The molecule has 0 bridgehead atoms. The van der Waals surface area contributed by atoms with Crippen molar-refractivity contribution in [2.75, 3.05) is 6.61 Å². The molecule has 1 aromatic carbocycles. The maximum absolute atomic E-state index is 11.8. The van der Waals surface area contributed by atoms with Crippen LogP contribution in [0.5, 0.6) is 5.75 Å². The number of hydrogen-bond donors (Lipinski definition) is 1. The summed E-state index contributed by atoms with van der Waals surface area (Å²) < 4.78 is 5.37. The van der Waals surface area contributed by atoms with Crippen molar-refractivity contribution in [3.05, 3.63) is 52.2 Å². The minimum Gasteiger partial charge on any atom is -0.484 e. The number of benzene rings is 1. The molecular formula is C15H14N2O2S. The van der Waals surface area contributed by atoms with Gasteiger partial charge in [-0.1, -0.05) is 12.1 Å². The fourth-order valence-corrected chi connectivity index (χ4v) is 2.43. The number of nitriles is 1. The molecule has 1 aromatic heterocycles. The SMILES string of the molecule is CC(NC(=O)COc1cccc(C#N)c1)c1cccs1. The van der Waals surface area contributed by atoms with Gasteiger partial charge < -0.3 is 10.1 Å². The van der Waals surface area contributed by atoms with Gasteiger partial charge >= 0.3 is 0 Å². The van der Waals surface area contributed by atoms with E-state index in [9.17, 15) is 4.79 Å². The molecular weight excluding hydrogens is 272 g/mol. The average molecular weight is 286 g/mol. The first-order valence-electron chi connectivity index (χ1n) is 6.15. The first kappa shape index (κ1) is 14.1. The molecule has 4 nitrogen and oxygen atoms in total. The highest BCUT2D eigenvalue weighted by Gasteiger charge is 2.10. The van der Waals surface area contributed by atoms with Crippen molar-refractivity contribution in [2.45, 2.75) is 13.0 Å². The van der Waals surface area contributed by atoms with E-state index in [1.807, 2.05) is 30.5 Å². The Hall–Kier alpha value is -2.32. The van der Waals surface area contributed by atoms with Gasteiger partial charge in [0, 0.05) is 4.88 Å². The van der Waals surface area contributed by atoms with Crippen LogP contribution in [0.2, 0.25) is 0 Å². The highest BCUT2D eigenvalue weighted by molar-refractivity contribution is 7.10. The third kappa shape index (κ3) is 3.84. The zero-order valence-electron chi connectivity index (χ0n) is 11.0. The minimum atomic E-state index is -0.187. The van der Waals surface area contributed by atoms with Gasteiger partial charge in [0.15, 0.2) is 6.61 Å². The van der Waals surface area contributed by atoms with Crippen molar-refractivity contribution in [1.82, 2.24) is 5.32 Å². The number of thiophene rings is 1. The van der Waals surface area contributed by atoms with Gasteiger partial charge in [0.25, 0.3) is 5.91 Å². The van der Waals surface area contributed by atoms with Crippen molar-refractivity contribution in [2.24, 2.45) is 0 Å². The molecule has 0 aliphatic heterocycles. The van der Waals surface area contributed by atoms with E-state index in [0.717, 1.165) is 4.88 Å². The van der Waals surface area contributed by atoms with E-state index in [2.05, 4.69) is 5.32 Å². The van der Waals surface area contributed by atoms with Crippen LogP contribution in [0.25, 0.3) is 0 Å². The van der Waals surface area contributed by atoms with Crippen molar-refractivity contribution in [3.8, 4) is 11.8 Å². The Morgan fingerprint density at radius 2 is 2.30 bits per heavy atom. The summed E-state index contributed by atoms with van der Waals surface area (Å²) in [5, 5.41) is 13.6. The lowest BCUT2D eigenvalue weighted by Crippen LogP contribution is -2.30. The molecule has 1 N–H and O–H groups in total. The van der Waals surface area contributed by atoms with E-state index in [-0.39, 0.29) is 18.6 Å². The molecule has 1 unspecified atom stereocenters. The average Bonchev–Trinajstić information content (AvgIpc) is 2.99. The van der Waals surface area contributed by atoms with Gasteiger partial charge in [-0.05, 0) is 36.6 Å². The van der Waals surface area contributed by atoms with Gasteiger partial charge in [0.2, 0.25) is 0 Å². The lowest BCUT2D eigenvalue weighted by Gasteiger charge is -2.12. The molecule has 20 heavy (non-hydrogen) atoms. The molecule has 0 saturated heterocycles. The predicted octanol–water partition coefficient (Wildman–Crippen LogP) is 2.88. The molecule has 5 heteroatoms. The molecule has 0 spiro atoms. The molecule has 1 amide bonds. The summed E-state index contributed by atoms with van der Waals surface area (Å²) in [6, 6.07) is 12.7. The van der Waals surface area contributed by atoms with E-state index in [4.69, 9.17) is 10.00 Å². The van der Waals surface area contributed by atoms with Crippen molar-refractivity contribution in [3.63, 3.8) is 0 Å². The van der Waals surface area contributed by atoms with Crippen LogP contribution < -0.4 is 10.1 Å². The zero-order valence-corrected chi connectivity index (χ0v) is 11.8. The number of nitrogens with zero attached hydrogens (tertiary/aromatic N) is 1. The highest BCUT2D eigenvalue weighted by Crippen LogP contribution is 2.18. The smallest absolute Gasteiger partial charge is 0.258 e. The second-order valence-corrected chi connectivity index (χ2v) is 5.21. The Labute approximate surface area is 121 Å². The molecule has 0 aliphatic rings. The highest BCUT2D eigenvalue weighted by atomic mass is 32.1. The van der Waals surface area contributed by atoms with Gasteiger partial charge in [-0.25, -0.2) is 0 Å². The summed E-state index contributed by atoms with van der Waals surface area (Å²) >= 11 is 1.60. The molecule has 0 radical (unpaired) electrons. The van der Waals surface area contributed by atoms with Crippen LogP contribution in [0.1, 0.15) is 23.4 Å². The molecule has 0 fully saturated rings. The van der Waals surface area contributed by atoms with Crippen LogP contribution in [-0.4, -0.2) is 12.5 Å². The zero-order chi connectivity index (χ0) is 14.4. The van der Waals surface area contributed by atoms with E-state index in [1.54, 1.807) is 35.6 Å². The topological polar surface area (TPSA) is 62.1 Å². The quantitative estimate of drug-likeness (QED) is 0.919. The van der Waals surface area contributed by atoms with Crippen LogP contribution in [0.15, 0.2) is 41.8 Å². The second-order valence-electron chi connectivity index (χ2n) is 4.23. The number of nitrogens with one attached hydrogen (secondary N) is 1. The number of carbonyl (C=O) groups excluding carboxylic acids is 1. The summed E-state index contributed by atoms with van der Waals surface area (Å²) in [6.45, 7) is 1.87. The third-order valence-electron chi connectivity index (χ3n) is 2.68. The van der Waals surface area contributed by atoms with Crippen LogP contribution in [0, 0.1) is 11.3 Å². The Morgan fingerprint density at radius 1 is 1.45 bits per heavy atom. The first-order valence-corrected chi connectivity index (χ1v) is 7.02. The summed E-state index contributed by atoms with van der Waals surface area (Å²) in [5.74, 6) is 0.330. The minimum absolute atomic E-state index is 0.0310. The van der Waals surface area contributed by atoms with Gasteiger partial charge in [-0.15, -0.1) is 11.3 Å². The van der Waals surface area contributed by atoms with Crippen LogP contribution >= 0.6 is 11.3 Å². The van der Waals surface area contributed by atoms with E-state index in [1.165, 1.54) is 0 Å². The fraction of sp³-hybridized carbons (Fsp3) is 0.200. The molecule has 2 aromatic rings. The predicted molar refractivity (Wildman–Crippen MR) is 77.5 cm³/mol. The third-order valence-corrected chi connectivity index (χ3v) is 3.74. The number of amides is 1. The lowest BCUT2D eigenvalue weighted by molar-refractivity contribution is -0.123. The fourth-order valence-electron chi connectivity index (χ4n) is 1.70. The Morgan fingerprint density at radius 3 is 3.00 bits per heavy atom. The monoisotopic (exact) mass is 286 g/mol. The summed E-state index contributed by atoms with van der Waals surface area (Å²) in [6.07, 6.45) is 0. The van der Waals surface area contributed by atoms with Gasteiger partial charge in [0.05, 0.1) is 17.7 Å². The van der Waals surface area contributed by atoms with Crippen LogP contribution in [0.3, 0.4) is 0 Å². The molecule has 1 atom stereocenters. The number of ether oxygens (including phenoxy) is 1. The molecule has 0 aliphatic carbocycles. The number of hydrogen-bond acceptors (Lipinski definition) is 4. The molecule has 0 saturated carbocycles. The molecule has 1 heterocycles. The Kier molecular flexibility index (Phi) is 4.75. The van der Waals surface area contributed by atoms with Gasteiger partial charge in [0.1, 0.15) is 5.75 Å². The summed E-state index contributed by atoms with van der Waals surface area (Å²) in [4.78, 5) is 12.9. The van der Waals surface area contributed by atoms with Crippen molar-refractivity contribution in [1.29, 1.82) is 5.26 Å². The van der Waals surface area contributed by atoms with Crippen LogP contribution in [-0.2, 0) is 4.79 Å². The lowest BCUT2D eigenvalue weighted by atomic mass is 10.2. The standard InChI is InChI=1S/C15H14N2O2S/c1-11(14-6-3-7-20-14)17-15(18)10-19-13-5-2-4-12(8-13)9-16/h2-8,11H,10H2,1H3,(H,17,18). The molecule has 102 valence electrons.